The molecule has 1 aliphatic heterocycles. The summed E-state index contributed by atoms with van der Waals surface area (Å²) in [5.41, 5.74) is 1.40. The molecule has 1 saturated heterocycles. The average Bonchev–Trinajstić information content (AvgIpc) is 3.43. The molecule has 2 heterocycles. The highest BCUT2D eigenvalue weighted by molar-refractivity contribution is 9.10. The first kappa shape index (κ1) is 22.2. The molecule has 1 aromatic heterocycles. The van der Waals surface area contributed by atoms with Gasteiger partial charge in [0.1, 0.15) is 0 Å². The van der Waals surface area contributed by atoms with Crippen LogP contribution in [0.25, 0.3) is 16.9 Å². The van der Waals surface area contributed by atoms with Gasteiger partial charge >= 0.3 is 6.18 Å². The van der Waals surface area contributed by atoms with Crippen molar-refractivity contribution in [1.29, 1.82) is 0 Å². The van der Waals surface area contributed by atoms with Crippen molar-refractivity contribution in [1.82, 2.24) is 9.78 Å². The van der Waals surface area contributed by atoms with E-state index in [0.29, 0.717) is 49.3 Å². The van der Waals surface area contributed by atoms with E-state index in [9.17, 15) is 23.1 Å². The fourth-order valence-corrected chi connectivity index (χ4v) is 5.11. The van der Waals surface area contributed by atoms with Crippen molar-refractivity contribution in [3.63, 3.8) is 0 Å². The molecule has 2 aliphatic rings. The van der Waals surface area contributed by atoms with Gasteiger partial charge in [0.05, 0.1) is 23.0 Å². The molecule has 1 atom stereocenters. The summed E-state index contributed by atoms with van der Waals surface area (Å²) < 4.78 is 43.7. The molecule has 1 fully saturated rings. The molecule has 2 aromatic carbocycles. The number of aliphatic hydroxyl groups is 1. The van der Waals surface area contributed by atoms with Gasteiger partial charge in [-0.25, -0.2) is 0 Å². The van der Waals surface area contributed by atoms with Crippen LogP contribution in [0.2, 0.25) is 0 Å². The highest BCUT2D eigenvalue weighted by Gasteiger charge is 2.36. The largest absolute Gasteiger partial charge is 0.418 e. The van der Waals surface area contributed by atoms with Crippen LogP contribution in [0.5, 0.6) is 0 Å². The predicted molar refractivity (Wildman–Crippen MR) is 123 cm³/mol. The fraction of sp³-hybridized carbons (Fsp3) is 0.333. The number of alkyl halides is 3. The number of rotatable bonds is 3. The summed E-state index contributed by atoms with van der Waals surface area (Å²) in [5.74, 6) is 0. The minimum atomic E-state index is -4.66. The molecule has 9 heteroatoms. The van der Waals surface area contributed by atoms with E-state index in [2.05, 4.69) is 21.0 Å². The quantitative estimate of drug-likeness (QED) is 0.542. The highest BCUT2D eigenvalue weighted by Crippen LogP contribution is 2.37. The number of anilines is 1. The lowest BCUT2D eigenvalue weighted by Crippen LogP contribution is -2.29. The summed E-state index contributed by atoms with van der Waals surface area (Å²) in [6.07, 6.45) is -2.71. The molecule has 1 unspecified atom stereocenters. The average molecular weight is 520 g/mol. The summed E-state index contributed by atoms with van der Waals surface area (Å²) in [7, 11) is 0. The number of fused-ring (bicyclic) bond motifs is 1. The molecular formula is C24H21BrF3N3O2. The van der Waals surface area contributed by atoms with E-state index < -0.39 is 23.4 Å². The SMILES string of the molecule is O=c1c2c(c(-c3cccc(Br)c3)nn1-c1cc(N3CCC(O)C3)ccc1C(F)(F)F)CCC2. The minimum Gasteiger partial charge on any atom is -0.391 e. The lowest BCUT2D eigenvalue weighted by Gasteiger charge is -2.22. The lowest BCUT2D eigenvalue weighted by atomic mass is 10.0. The Labute approximate surface area is 196 Å². The molecule has 0 radical (unpaired) electrons. The lowest BCUT2D eigenvalue weighted by molar-refractivity contribution is -0.137. The zero-order valence-corrected chi connectivity index (χ0v) is 19.2. The Hall–Kier alpha value is -2.65. The molecule has 172 valence electrons. The van der Waals surface area contributed by atoms with Gasteiger partial charge in [-0.05, 0) is 61.6 Å². The standard InChI is InChI=1S/C24H21BrF3N3O2/c25-15-4-1-3-14(11-15)22-18-5-2-6-19(18)23(33)31(29-22)21-12-16(30-10-9-17(32)13-30)7-8-20(21)24(26,27)28/h1,3-4,7-8,11-12,17,32H,2,5-6,9-10,13H2. The van der Waals surface area contributed by atoms with E-state index in [-0.39, 0.29) is 5.69 Å². The smallest absolute Gasteiger partial charge is 0.391 e. The van der Waals surface area contributed by atoms with Crippen LogP contribution in [-0.2, 0) is 19.0 Å². The second kappa shape index (κ2) is 8.29. The minimum absolute atomic E-state index is 0.294. The maximum atomic E-state index is 14.0. The first-order chi connectivity index (χ1) is 15.7. The number of nitrogens with zero attached hydrogens (tertiary/aromatic N) is 3. The van der Waals surface area contributed by atoms with E-state index in [0.717, 1.165) is 32.8 Å². The summed E-state index contributed by atoms with van der Waals surface area (Å²) in [4.78, 5) is 15.2. The van der Waals surface area contributed by atoms with Crippen LogP contribution >= 0.6 is 15.9 Å². The summed E-state index contributed by atoms with van der Waals surface area (Å²) in [5, 5.41) is 14.4. The van der Waals surface area contributed by atoms with E-state index in [1.54, 1.807) is 0 Å². The molecular weight excluding hydrogens is 499 g/mol. The molecule has 3 aromatic rings. The van der Waals surface area contributed by atoms with E-state index in [1.165, 1.54) is 12.1 Å². The number of β-amino-alcohol motifs (C(OH)–C–C–N with tert-alkyl or cyclic N) is 1. The van der Waals surface area contributed by atoms with Gasteiger partial charge in [0.25, 0.3) is 5.56 Å². The predicted octanol–water partition coefficient (Wildman–Crippen LogP) is 4.74. The van der Waals surface area contributed by atoms with Gasteiger partial charge in [-0.15, -0.1) is 0 Å². The van der Waals surface area contributed by atoms with Crippen LogP contribution < -0.4 is 10.5 Å². The summed E-state index contributed by atoms with van der Waals surface area (Å²) in [6.45, 7) is 0.863. The second-order valence-electron chi connectivity index (χ2n) is 8.47. The molecule has 0 saturated carbocycles. The molecule has 1 aliphatic carbocycles. The molecule has 0 bridgehead atoms. The number of aromatic nitrogens is 2. The Morgan fingerprint density at radius 3 is 2.58 bits per heavy atom. The number of hydrogen-bond donors (Lipinski definition) is 1. The Kier molecular flexibility index (Phi) is 5.56. The van der Waals surface area contributed by atoms with E-state index >= 15 is 0 Å². The molecule has 1 N–H and O–H groups in total. The van der Waals surface area contributed by atoms with Crippen molar-refractivity contribution < 1.29 is 18.3 Å². The summed E-state index contributed by atoms with van der Waals surface area (Å²) in [6, 6.07) is 11.1. The zero-order valence-electron chi connectivity index (χ0n) is 17.6. The number of hydrogen-bond acceptors (Lipinski definition) is 4. The van der Waals surface area contributed by atoms with Crippen molar-refractivity contribution >= 4 is 21.6 Å². The van der Waals surface area contributed by atoms with Gasteiger partial charge in [-0.1, -0.05) is 28.1 Å². The van der Waals surface area contributed by atoms with Gasteiger partial charge in [-0.3, -0.25) is 4.79 Å². The van der Waals surface area contributed by atoms with Gasteiger partial charge < -0.3 is 10.0 Å². The second-order valence-corrected chi connectivity index (χ2v) is 9.39. The third-order valence-electron chi connectivity index (χ3n) is 6.30. The third-order valence-corrected chi connectivity index (χ3v) is 6.79. The van der Waals surface area contributed by atoms with Crippen molar-refractivity contribution in [3.05, 3.63) is 74.0 Å². The molecule has 5 rings (SSSR count). The van der Waals surface area contributed by atoms with Gasteiger partial charge in [-0.2, -0.15) is 23.0 Å². The van der Waals surface area contributed by atoms with Crippen LogP contribution in [0.15, 0.2) is 51.7 Å². The zero-order chi connectivity index (χ0) is 23.3. The van der Waals surface area contributed by atoms with Crippen LogP contribution in [0, 0.1) is 0 Å². The van der Waals surface area contributed by atoms with Crippen LogP contribution in [0.1, 0.15) is 29.5 Å². The maximum Gasteiger partial charge on any atom is 0.418 e. The van der Waals surface area contributed by atoms with Crippen LogP contribution in [0.3, 0.4) is 0 Å². The van der Waals surface area contributed by atoms with E-state index in [1.807, 2.05) is 29.2 Å². The Balaban J connectivity index is 1.75. The monoisotopic (exact) mass is 519 g/mol. The van der Waals surface area contributed by atoms with Gasteiger partial charge in [0.2, 0.25) is 0 Å². The molecule has 5 nitrogen and oxygen atoms in total. The van der Waals surface area contributed by atoms with Crippen molar-refractivity contribution in [2.24, 2.45) is 0 Å². The normalized spacial score (nSPS) is 18.1. The van der Waals surface area contributed by atoms with Crippen LogP contribution in [-0.4, -0.2) is 34.1 Å². The molecule has 0 amide bonds. The maximum absolute atomic E-state index is 14.0. The molecule has 33 heavy (non-hydrogen) atoms. The number of benzene rings is 2. The first-order valence-electron chi connectivity index (χ1n) is 10.8. The Bertz CT molecular complexity index is 1290. The Morgan fingerprint density at radius 1 is 1.09 bits per heavy atom. The first-order valence-corrected chi connectivity index (χ1v) is 11.6. The van der Waals surface area contributed by atoms with Crippen molar-refractivity contribution in [2.45, 2.75) is 38.0 Å². The van der Waals surface area contributed by atoms with Crippen molar-refractivity contribution in [2.75, 3.05) is 18.0 Å². The van der Waals surface area contributed by atoms with E-state index in [4.69, 9.17) is 0 Å². The van der Waals surface area contributed by atoms with Gasteiger partial charge in [0.15, 0.2) is 0 Å². The van der Waals surface area contributed by atoms with Gasteiger partial charge in [0, 0.05) is 34.4 Å². The Morgan fingerprint density at radius 2 is 1.88 bits per heavy atom. The highest BCUT2D eigenvalue weighted by atomic mass is 79.9. The topological polar surface area (TPSA) is 58.4 Å². The third kappa shape index (κ3) is 4.08. The number of aliphatic hydroxyl groups excluding tert-OH is 1. The molecule has 0 spiro atoms. The fourth-order valence-electron chi connectivity index (χ4n) is 4.71. The summed E-state index contributed by atoms with van der Waals surface area (Å²) >= 11 is 3.44. The van der Waals surface area contributed by atoms with Crippen LogP contribution in [0.4, 0.5) is 18.9 Å². The number of halogens is 4. The van der Waals surface area contributed by atoms with Crippen molar-refractivity contribution in [3.8, 4) is 16.9 Å².